The summed E-state index contributed by atoms with van der Waals surface area (Å²) in [6.45, 7) is 6.04. The Morgan fingerprint density at radius 1 is 1.10 bits per heavy atom. The summed E-state index contributed by atoms with van der Waals surface area (Å²) in [6.07, 6.45) is 6.83. The van der Waals surface area contributed by atoms with Gasteiger partial charge in [-0.15, -0.1) is 5.10 Å². The molecule has 0 radical (unpaired) electrons. The molecule has 31 heavy (non-hydrogen) atoms. The molecule has 1 aromatic carbocycles. The van der Waals surface area contributed by atoms with E-state index in [4.69, 9.17) is 5.10 Å². The van der Waals surface area contributed by atoms with Crippen LogP contribution in [0.15, 0.2) is 42.6 Å². The number of amides is 1. The summed E-state index contributed by atoms with van der Waals surface area (Å²) in [6, 6.07) is 12.1. The SMILES string of the molecule is CCN1CCC[C@H]1CNC(=O)c1ccc(-c2cnc3ccc(NCC4CC4)nn23)cc1. The number of carbonyl (C=O) groups excluding carboxylic acids is 1. The number of fused-ring (bicyclic) bond motifs is 1. The Kier molecular flexibility index (Phi) is 5.59. The molecule has 5 rings (SSSR count). The molecule has 1 atom stereocenters. The van der Waals surface area contributed by atoms with Crippen LogP contribution in [0.1, 0.15) is 43.0 Å². The van der Waals surface area contributed by atoms with Crippen molar-refractivity contribution in [3.63, 3.8) is 0 Å². The first-order valence-corrected chi connectivity index (χ1v) is 11.4. The standard InChI is InChI=1S/C24H30N6O/c1-2-29-13-3-4-20(29)15-27-24(31)19-9-7-18(8-10-19)21-16-26-23-12-11-22(28-30(21)23)25-14-17-5-6-17/h7-12,16-17,20H,2-6,13-15H2,1H3,(H,25,28)(H,27,31)/t20-/m0/s1. The Balaban J connectivity index is 1.27. The van der Waals surface area contributed by atoms with Crippen molar-refractivity contribution in [1.29, 1.82) is 0 Å². The maximum Gasteiger partial charge on any atom is 0.251 e. The Morgan fingerprint density at radius 2 is 1.94 bits per heavy atom. The number of aromatic nitrogens is 3. The molecule has 3 aromatic rings. The minimum atomic E-state index is -0.0164. The molecule has 162 valence electrons. The van der Waals surface area contributed by atoms with E-state index in [0.29, 0.717) is 18.2 Å². The van der Waals surface area contributed by atoms with Crippen LogP contribution >= 0.6 is 0 Å². The average Bonchev–Trinajstić information content (AvgIpc) is 3.36. The van der Waals surface area contributed by atoms with E-state index in [2.05, 4.69) is 27.4 Å². The van der Waals surface area contributed by atoms with Crippen molar-refractivity contribution >= 4 is 17.4 Å². The second-order valence-corrected chi connectivity index (χ2v) is 8.67. The van der Waals surface area contributed by atoms with Crippen LogP contribution in [-0.4, -0.2) is 57.6 Å². The van der Waals surface area contributed by atoms with Crippen LogP contribution in [-0.2, 0) is 0 Å². The van der Waals surface area contributed by atoms with Crippen LogP contribution < -0.4 is 10.6 Å². The molecule has 1 amide bonds. The van der Waals surface area contributed by atoms with Crippen molar-refractivity contribution in [3.8, 4) is 11.3 Å². The number of rotatable bonds is 8. The molecule has 7 nitrogen and oxygen atoms in total. The maximum absolute atomic E-state index is 12.6. The summed E-state index contributed by atoms with van der Waals surface area (Å²) in [5.41, 5.74) is 3.40. The van der Waals surface area contributed by atoms with Crippen molar-refractivity contribution in [2.75, 3.05) is 31.5 Å². The number of nitrogens with one attached hydrogen (secondary N) is 2. The highest BCUT2D eigenvalue weighted by molar-refractivity contribution is 5.94. The first kappa shape index (κ1) is 20.0. The molecule has 1 aliphatic carbocycles. The van der Waals surface area contributed by atoms with E-state index < -0.39 is 0 Å². The van der Waals surface area contributed by atoms with Gasteiger partial charge in [-0.2, -0.15) is 0 Å². The zero-order valence-electron chi connectivity index (χ0n) is 18.1. The van der Waals surface area contributed by atoms with Gasteiger partial charge in [0.2, 0.25) is 0 Å². The highest BCUT2D eigenvalue weighted by atomic mass is 16.1. The van der Waals surface area contributed by atoms with Gasteiger partial charge in [-0.3, -0.25) is 9.69 Å². The third kappa shape index (κ3) is 4.42. The van der Waals surface area contributed by atoms with Crippen LogP contribution in [0.4, 0.5) is 5.82 Å². The van der Waals surface area contributed by atoms with Crippen LogP contribution in [0.5, 0.6) is 0 Å². The number of hydrogen-bond acceptors (Lipinski definition) is 5. The summed E-state index contributed by atoms with van der Waals surface area (Å²) in [7, 11) is 0. The molecule has 7 heteroatoms. The van der Waals surface area contributed by atoms with Crippen molar-refractivity contribution in [2.45, 2.75) is 38.6 Å². The van der Waals surface area contributed by atoms with Gasteiger partial charge in [0, 0.05) is 30.3 Å². The highest BCUT2D eigenvalue weighted by Crippen LogP contribution is 2.29. The largest absolute Gasteiger partial charge is 0.368 e. The van der Waals surface area contributed by atoms with E-state index in [1.807, 2.05) is 47.1 Å². The molecule has 1 saturated carbocycles. The predicted molar refractivity (Wildman–Crippen MR) is 122 cm³/mol. The molecule has 2 aliphatic rings. The number of benzene rings is 1. The fraction of sp³-hybridized carbons (Fsp3) is 0.458. The third-order valence-corrected chi connectivity index (χ3v) is 6.48. The minimum absolute atomic E-state index is 0.0164. The zero-order valence-corrected chi connectivity index (χ0v) is 18.1. The molecule has 0 bridgehead atoms. The molecular weight excluding hydrogens is 388 g/mol. The van der Waals surface area contributed by atoms with E-state index >= 15 is 0 Å². The van der Waals surface area contributed by atoms with Gasteiger partial charge in [-0.05, 0) is 69.0 Å². The second kappa shape index (κ2) is 8.67. The predicted octanol–water partition coefficient (Wildman–Crippen LogP) is 3.43. The van der Waals surface area contributed by atoms with E-state index in [1.54, 1.807) is 0 Å². The monoisotopic (exact) mass is 418 g/mol. The average molecular weight is 419 g/mol. The Labute approximate surface area is 182 Å². The van der Waals surface area contributed by atoms with Crippen molar-refractivity contribution in [1.82, 2.24) is 24.8 Å². The summed E-state index contributed by atoms with van der Waals surface area (Å²) in [4.78, 5) is 19.5. The molecule has 2 N–H and O–H groups in total. The van der Waals surface area contributed by atoms with Gasteiger partial charge >= 0.3 is 0 Å². The van der Waals surface area contributed by atoms with Gasteiger partial charge in [0.15, 0.2) is 5.65 Å². The smallest absolute Gasteiger partial charge is 0.251 e. The number of carbonyl (C=O) groups is 1. The van der Waals surface area contributed by atoms with Crippen molar-refractivity contribution < 1.29 is 4.79 Å². The van der Waals surface area contributed by atoms with Gasteiger partial charge in [0.1, 0.15) is 5.82 Å². The van der Waals surface area contributed by atoms with Crippen LogP contribution in [0, 0.1) is 5.92 Å². The molecule has 2 fully saturated rings. The number of hydrogen-bond donors (Lipinski definition) is 2. The lowest BCUT2D eigenvalue weighted by Gasteiger charge is -2.22. The summed E-state index contributed by atoms with van der Waals surface area (Å²) >= 11 is 0. The summed E-state index contributed by atoms with van der Waals surface area (Å²) in [5.74, 6) is 1.64. The Hall–Kier alpha value is -2.93. The first-order chi connectivity index (χ1) is 15.2. The molecule has 1 aliphatic heterocycles. The molecular formula is C24H30N6O. The van der Waals surface area contributed by atoms with E-state index in [9.17, 15) is 4.79 Å². The Morgan fingerprint density at radius 3 is 2.71 bits per heavy atom. The maximum atomic E-state index is 12.6. The van der Waals surface area contributed by atoms with Gasteiger partial charge in [0.05, 0.1) is 11.9 Å². The quantitative estimate of drug-likeness (QED) is 0.586. The van der Waals surface area contributed by atoms with Crippen LogP contribution in [0.25, 0.3) is 16.9 Å². The van der Waals surface area contributed by atoms with E-state index in [1.165, 1.54) is 19.3 Å². The van der Waals surface area contributed by atoms with E-state index in [0.717, 1.165) is 54.7 Å². The second-order valence-electron chi connectivity index (χ2n) is 8.67. The zero-order chi connectivity index (χ0) is 21.2. The lowest BCUT2D eigenvalue weighted by molar-refractivity contribution is 0.0941. The fourth-order valence-corrected chi connectivity index (χ4v) is 4.38. The van der Waals surface area contributed by atoms with Gasteiger partial charge in [0.25, 0.3) is 5.91 Å². The number of anilines is 1. The number of imidazole rings is 1. The normalized spacial score (nSPS) is 19.1. The highest BCUT2D eigenvalue weighted by Gasteiger charge is 2.23. The fourth-order valence-electron chi connectivity index (χ4n) is 4.38. The van der Waals surface area contributed by atoms with Crippen molar-refractivity contribution in [2.24, 2.45) is 5.92 Å². The molecule has 2 aromatic heterocycles. The lowest BCUT2D eigenvalue weighted by atomic mass is 10.1. The third-order valence-electron chi connectivity index (χ3n) is 6.48. The first-order valence-electron chi connectivity index (χ1n) is 11.4. The number of likely N-dealkylation sites (tertiary alicyclic amines) is 1. The van der Waals surface area contributed by atoms with Crippen molar-refractivity contribution in [3.05, 3.63) is 48.2 Å². The minimum Gasteiger partial charge on any atom is -0.368 e. The lowest BCUT2D eigenvalue weighted by Crippen LogP contribution is -2.40. The number of nitrogens with zero attached hydrogens (tertiary/aromatic N) is 4. The molecule has 0 spiro atoms. The van der Waals surface area contributed by atoms with Gasteiger partial charge in [-0.25, -0.2) is 9.50 Å². The number of likely N-dealkylation sites (N-methyl/N-ethyl adjacent to an activating group) is 1. The van der Waals surface area contributed by atoms with E-state index in [-0.39, 0.29) is 5.91 Å². The summed E-state index contributed by atoms with van der Waals surface area (Å²) in [5, 5.41) is 11.2. The topological polar surface area (TPSA) is 74.6 Å². The van der Waals surface area contributed by atoms with Crippen LogP contribution in [0.2, 0.25) is 0 Å². The van der Waals surface area contributed by atoms with Crippen LogP contribution in [0.3, 0.4) is 0 Å². The van der Waals surface area contributed by atoms with Gasteiger partial charge in [-0.1, -0.05) is 19.1 Å². The molecule has 0 unspecified atom stereocenters. The Bertz CT molecular complexity index is 1060. The molecule has 1 saturated heterocycles. The molecule has 3 heterocycles. The van der Waals surface area contributed by atoms with Gasteiger partial charge < -0.3 is 10.6 Å². The summed E-state index contributed by atoms with van der Waals surface area (Å²) < 4.78 is 1.86.